The van der Waals surface area contributed by atoms with E-state index in [2.05, 4.69) is 31.3 Å². The number of quaternary nitrogens is 1. The van der Waals surface area contributed by atoms with E-state index < -0.39 is 20.0 Å². The van der Waals surface area contributed by atoms with Gasteiger partial charge in [-0.1, -0.05) is 224 Å². The van der Waals surface area contributed by atoms with Crippen LogP contribution in [-0.4, -0.2) is 73.4 Å². The molecule has 0 fully saturated rings. The number of unbranched alkanes of at least 4 members (excludes halogenated alkanes) is 31. The second-order valence-electron chi connectivity index (χ2n) is 18.5. The molecule has 8 nitrogen and oxygen atoms in total. The van der Waals surface area contributed by atoms with Crippen molar-refractivity contribution in [3.05, 3.63) is 24.3 Å². The van der Waals surface area contributed by atoms with Crippen molar-refractivity contribution in [2.24, 2.45) is 0 Å². The van der Waals surface area contributed by atoms with Crippen molar-refractivity contribution >= 4 is 13.7 Å². The van der Waals surface area contributed by atoms with Gasteiger partial charge in [0.25, 0.3) is 0 Å². The number of phosphoric acid groups is 1. The number of nitrogens with one attached hydrogen (secondary N) is 1. The summed E-state index contributed by atoms with van der Waals surface area (Å²) in [5.41, 5.74) is 0. The Bertz CT molecular complexity index is 1020. The van der Waals surface area contributed by atoms with Gasteiger partial charge in [-0.2, -0.15) is 0 Å². The van der Waals surface area contributed by atoms with Crippen molar-refractivity contribution in [1.82, 2.24) is 5.32 Å². The Labute approximate surface area is 366 Å². The van der Waals surface area contributed by atoms with E-state index in [-0.39, 0.29) is 19.1 Å². The molecule has 0 aromatic rings. The summed E-state index contributed by atoms with van der Waals surface area (Å²) >= 11 is 0. The molecular weight excluding hydrogens is 756 g/mol. The molecule has 59 heavy (non-hydrogen) atoms. The fourth-order valence-corrected chi connectivity index (χ4v) is 8.15. The highest BCUT2D eigenvalue weighted by Crippen LogP contribution is 2.43. The number of amides is 1. The zero-order chi connectivity index (χ0) is 43.6. The van der Waals surface area contributed by atoms with Crippen molar-refractivity contribution in [2.75, 3.05) is 40.9 Å². The zero-order valence-corrected chi connectivity index (χ0v) is 40.7. The van der Waals surface area contributed by atoms with Gasteiger partial charge in [0, 0.05) is 6.42 Å². The molecule has 0 heterocycles. The molecule has 0 saturated heterocycles. The molecule has 0 aliphatic heterocycles. The third-order valence-corrected chi connectivity index (χ3v) is 12.4. The maximum Gasteiger partial charge on any atom is 0.472 e. The van der Waals surface area contributed by atoms with Crippen LogP contribution in [0.2, 0.25) is 0 Å². The first kappa shape index (κ1) is 58.0. The third-order valence-electron chi connectivity index (χ3n) is 11.4. The van der Waals surface area contributed by atoms with Crippen molar-refractivity contribution in [3.63, 3.8) is 0 Å². The zero-order valence-electron chi connectivity index (χ0n) is 39.8. The molecule has 1 amide bonds. The van der Waals surface area contributed by atoms with E-state index in [4.69, 9.17) is 9.05 Å². The predicted octanol–water partition coefficient (Wildman–Crippen LogP) is 14.5. The van der Waals surface area contributed by atoms with E-state index in [1.165, 1.54) is 180 Å². The van der Waals surface area contributed by atoms with Crippen LogP contribution in [0.5, 0.6) is 0 Å². The number of nitrogens with zero attached hydrogens (tertiary/aromatic N) is 1. The number of rotatable bonds is 46. The standard InChI is InChI=1S/C50H99N2O6P/c1-6-8-10-12-14-16-18-20-22-24-26-28-30-32-34-36-38-40-42-44-50(54)51-48(47-58-59(55,56)57-46-45-52(3,4)5)49(53)43-41-39-37-35-33-31-29-27-25-23-21-19-17-15-13-11-9-7-2/h33,35,41,43,48-49,53H,6-32,34,36-40,42,44-47H2,1-5H3,(H-,51,54,55,56)/p+1/b35-33+,43-41+. The van der Waals surface area contributed by atoms with E-state index >= 15 is 0 Å². The van der Waals surface area contributed by atoms with Gasteiger partial charge in [0.2, 0.25) is 5.91 Å². The molecular formula is C50H100N2O6P+. The summed E-state index contributed by atoms with van der Waals surface area (Å²) in [6, 6.07) is -0.858. The molecule has 3 N–H and O–H groups in total. The minimum absolute atomic E-state index is 0.0585. The highest BCUT2D eigenvalue weighted by atomic mass is 31.2. The van der Waals surface area contributed by atoms with Gasteiger partial charge in [0.1, 0.15) is 13.2 Å². The minimum atomic E-state index is -4.35. The molecule has 0 rings (SSSR count). The first-order chi connectivity index (χ1) is 28.5. The first-order valence-corrected chi connectivity index (χ1v) is 26.7. The lowest BCUT2D eigenvalue weighted by Gasteiger charge is -2.25. The monoisotopic (exact) mass is 856 g/mol. The van der Waals surface area contributed by atoms with Crippen molar-refractivity contribution in [2.45, 2.75) is 251 Å². The number of aliphatic hydroxyl groups is 1. The average molecular weight is 856 g/mol. The number of phosphoric ester groups is 1. The SMILES string of the molecule is CCCCCCCCCCCCCC/C=C/CC/C=C/C(O)C(COP(=O)(O)OCC[N+](C)(C)C)NC(=O)CCCCCCCCCCCCCCCCCCCCC. The van der Waals surface area contributed by atoms with Gasteiger partial charge in [0.15, 0.2) is 0 Å². The Kier molecular flexibility index (Phi) is 41.6. The van der Waals surface area contributed by atoms with Gasteiger partial charge in [0.05, 0.1) is 39.9 Å². The Balaban J connectivity index is 4.35. The van der Waals surface area contributed by atoms with Crippen LogP contribution >= 0.6 is 7.82 Å². The molecule has 350 valence electrons. The topological polar surface area (TPSA) is 105 Å². The van der Waals surface area contributed by atoms with Gasteiger partial charge in [-0.15, -0.1) is 0 Å². The van der Waals surface area contributed by atoms with Gasteiger partial charge < -0.3 is 19.8 Å². The van der Waals surface area contributed by atoms with Crippen molar-refractivity contribution in [3.8, 4) is 0 Å². The maximum absolute atomic E-state index is 12.9. The van der Waals surface area contributed by atoms with Gasteiger partial charge in [-0.05, 0) is 32.1 Å². The molecule has 9 heteroatoms. The highest BCUT2D eigenvalue weighted by Gasteiger charge is 2.27. The molecule has 3 atom stereocenters. The Morgan fingerprint density at radius 1 is 0.559 bits per heavy atom. The van der Waals surface area contributed by atoms with E-state index in [1.54, 1.807) is 6.08 Å². The smallest absolute Gasteiger partial charge is 0.387 e. The summed E-state index contributed by atoms with van der Waals surface area (Å²) in [6.45, 7) is 4.82. The van der Waals surface area contributed by atoms with Crippen LogP contribution in [0, 0.1) is 0 Å². The van der Waals surface area contributed by atoms with Crippen LogP contribution in [0.25, 0.3) is 0 Å². The van der Waals surface area contributed by atoms with E-state index in [0.29, 0.717) is 17.4 Å². The van der Waals surface area contributed by atoms with Crippen LogP contribution in [0.4, 0.5) is 0 Å². The number of carbonyl (C=O) groups is 1. The second kappa shape index (κ2) is 42.3. The Morgan fingerprint density at radius 2 is 0.932 bits per heavy atom. The fraction of sp³-hybridized carbons (Fsp3) is 0.900. The second-order valence-corrected chi connectivity index (χ2v) is 20.0. The number of hydrogen-bond donors (Lipinski definition) is 3. The normalized spacial score (nSPS) is 14.4. The van der Waals surface area contributed by atoms with Crippen LogP contribution in [-0.2, 0) is 18.4 Å². The van der Waals surface area contributed by atoms with Crippen molar-refractivity contribution < 1.29 is 32.9 Å². The molecule has 0 aliphatic rings. The number of carbonyl (C=O) groups excluding carboxylic acids is 1. The molecule has 0 aromatic carbocycles. The summed E-state index contributed by atoms with van der Waals surface area (Å²) in [5, 5.41) is 13.9. The molecule has 3 unspecified atom stereocenters. The largest absolute Gasteiger partial charge is 0.472 e. The summed E-state index contributed by atoms with van der Waals surface area (Å²) in [7, 11) is 1.56. The first-order valence-electron chi connectivity index (χ1n) is 25.2. The molecule has 0 bridgehead atoms. The van der Waals surface area contributed by atoms with E-state index in [1.807, 2.05) is 27.2 Å². The molecule has 0 spiro atoms. The average Bonchev–Trinajstić information content (AvgIpc) is 3.19. The third kappa shape index (κ3) is 44.8. The van der Waals surface area contributed by atoms with Crippen LogP contribution in [0.3, 0.4) is 0 Å². The van der Waals surface area contributed by atoms with Crippen LogP contribution in [0.1, 0.15) is 239 Å². The lowest BCUT2D eigenvalue weighted by Crippen LogP contribution is -2.45. The molecule has 0 saturated carbocycles. The van der Waals surface area contributed by atoms with E-state index in [0.717, 1.165) is 38.5 Å². The molecule has 0 radical (unpaired) electrons. The quantitative estimate of drug-likeness (QED) is 0.0244. The minimum Gasteiger partial charge on any atom is -0.387 e. The Hall–Kier alpha value is -1.02. The summed E-state index contributed by atoms with van der Waals surface area (Å²) in [5.74, 6) is -0.183. The van der Waals surface area contributed by atoms with Gasteiger partial charge in [-0.3, -0.25) is 13.8 Å². The lowest BCUT2D eigenvalue weighted by atomic mass is 10.0. The van der Waals surface area contributed by atoms with E-state index in [9.17, 15) is 19.4 Å². The van der Waals surface area contributed by atoms with Crippen molar-refractivity contribution in [1.29, 1.82) is 0 Å². The Morgan fingerprint density at radius 3 is 1.36 bits per heavy atom. The summed E-state index contributed by atoms with van der Waals surface area (Å²) < 4.78 is 23.6. The number of hydrogen-bond acceptors (Lipinski definition) is 5. The number of likely N-dealkylation sites (N-methyl/N-ethyl adjacent to an activating group) is 1. The number of aliphatic hydroxyl groups excluding tert-OH is 1. The molecule has 0 aromatic heterocycles. The predicted molar refractivity (Wildman–Crippen MR) is 254 cm³/mol. The summed E-state index contributed by atoms with van der Waals surface area (Å²) in [4.78, 5) is 23.2. The maximum atomic E-state index is 12.9. The van der Waals surface area contributed by atoms with Gasteiger partial charge >= 0.3 is 7.82 Å². The fourth-order valence-electron chi connectivity index (χ4n) is 7.41. The van der Waals surface area contributed by atoms with Gasteiger partial charge in [-0.25, -0.2) is 4.57 Å². The number of allylic oxidation sites excluding steroid dienone is 3. The van der Waals surface area contributed by atoms with Crippen LogP contribution < -0.4 is 5.32 Å². The lowest BCUT2D eigenvalue weighted by molar-refractivity contribution is -0.870. The highest BCUT2D eigenvalue weighted by molar-refractivity contribution is 7.47. The van der Waals surface area contributed by atoms with Crippen LogP contribution in [0.15, 0.2) is 24.3 Å². The summed E-state index contributed by atoms with van der Waals surface area (Å²) in [6.07, 6.45) is 51.1. The molecule has 0 aliphatic carbocycles.